The number of urea groups is 1. The van der Waals surface area contributed by atoms with E-state index in [1.54, 1.807) is 48.7 Å². The minimum absolute atomic E-state index is 0.276. The van der Waals surface area contributed by atoms with Gasteiger partial charge in [0.05, 0.1) is 21.3 Å². The molecule has 0 saturated heterocycles. The number of nitrogens with one attached hydrogen (secondary N) is 3. The smallest absolute Gasteiger partial charge is 0.319 e. The first-order valence-corrected chi connectivity index (χ1v) is 10.6. The Bertz CT molecular complexity index is 1270. The molecule has 2 aromatic heterocycles. The summed E-state index contributed by atoms with van der Waals surface area (Å²) < 4.78 is 0. The van der Waals surface area contributed by atoms with E-state index in [1.165, 1.54) is 11.3 Å². The number of fused-ring (bicyclic) bond motifs is 1. The summed E-state index contributed by atoms with van der Waals surface area (Å²) in [4.78, 5) is 34.2. The number of aryl methyl sites for hydroxylation is 1. The molecule has 4 rings (SSSR count). The van der Waals surface area contributed by atoms with Crippen LogP contribution in [0.2, 0.25) is 5.02 Å². The van der Waals surface area contributed by atoms with E-state index in [9.17, 15) is 9.59 Å². The summed E-state index contributed by atoms with van der Waals surface area (Å²) in [6.45, 7) is 2.19. The fourth-order valence-corrected chi connectivity index (χ4v) is 3.85. The molecule has 7 nitrogen and oxygen atoms in total. The first-order valence-electron chi connectivity index (χ1n) is 9.41. The van der Waals surface area contributed by atoms with Crippen LogP contribution in [0, 0.1) is 6.92 Å². The number of aromatic nitrogens is 2. The SMILES string of the molecule is Cc1nc2cc(C(=O)Nc3cccc(CNC(=O)Nc4ccccc4Cl)c3)cnc2s1. The molecule has 0 saturated carbocycles. The Morgan fingerprint density at radius 3 is 2.74 bits per heavy atom. The van der Waals surface area contributed by atoms with Gasteiger partial charge in [0.1, 0.15) is 10.3 Å². The maximum absolute atomic E-state index is 12.6. The van der Waals surface area contributed by atoms with Crippen molar-refractivity contribution in [3.63, 3.8) is 0 Å². The van der Waals surface area contributed by atoms with Crippen LogP contribution < -0.4 is 16.0 Å². The number of para-hydroxylation sites is 1. The Morgan fingerprint density at radius 1 is 1.06 bits per heavy atom. The predicted molar refractivity (Wildman–Crippen MR) is 124 cm³/mol. The Balaban J connectivity index is 1.37. The molecular formula is C22H18ClN5O2S. The minimum Gasteiger partial charge on any atom is -0.334 e. The highest BCUT2D eigenvalue weighted by atomic mass is 35.5. The topological polar surface area (TPSA) is 96.0 Å². The zero-order valence-corrected chi connectivity index (χ0v) is 18.1. The van der Waals surface area contributed by atoms with Gasteiger partial charge in [-0.05, 0) is 42.8 Å². The Kier molecular flexibility index (Phi) is 6.11. The molecule has 2 heterocycles. The zero-order valence-electron chi connectivity index (χ0n) is 16.5. The Labute approximate surface area is 187 Å². The van der Waals surface area contributed by atoms with E-state index in [1.807, 2.05) is 19.1 Å². The number of carbonyl (C=O) groups is 2. The molecular weight excluding hydrogens is 434 g/mol. The predicted octanol–water partition coefficient (Wildman–Crippen LogP) is 5.23. The number of halogens is 1. The highest BCUT2D eigenvalue weighted by Crippen LogP contribution is 2.21. The third kappa shape index (κ3) is 5.17. The summed E-state index contributed by atoms with van der Waals surface area (Å²) in [5.41, 5.74) is 3.11. The van der Waals surface area contributed by atoms with E-state index in [4.69, 9.17) is 11.6 Å². The summed E-state index contributed by atoms with van der Waals surface area (Å²) >= 11 is 7.53. The minimum atomic E-state index is -0.375. The standard InChI is InChI=1S/C22H18ClN5O2S/c1-13-26-19-10-15(12-24-21(19)31-13)20(29)27-16-6-4-5-14(9-16)11-25-22(30)28-18-8-3-2-7-17(18)23/h2-10,12H,11H2,1H3,(H,27,29)(H2,25,28,30). The fraction of sp³-hybridized carbons (Fsp3) is 0.0909. The quantitative estimate of drug-likeness (QED) is 0.387. The van der Waals surface area contributed by atoms with E-state index in [2.05, 4.69) is 25.9 Å². The second kappa shape index (κ2) is 9.11. The number of hydrogen-bond acceptors (Lipinski definition) is 5. The van der Waals surface area contributed by atoms with Crippen LogP contribution in [0.3, 0.4) is 0 Å². The fourth-order valence-electron chi connectivity index (χ4n) is 2.93. The van der Waals surface area contributed by atoms with Gasteiger partial charge in [-0.2, -0.15) is 0 Å². The second-order valence-electron chi connectivity index (χ2n) is 6.72. The van der Waals surface area contributed by atoms with Gasteiger partial charge in [-0.15, -0.1) is 0 Å². The third-order valence-corrected chi connectivity index (χ3v) is 5.60. The number of hydrogen-bond donors (Lipinski definition) is 3. The van der Waals surface area contributed by atoms with Gasteiger partial charge in [-0.1, -0.05) is 47.2 Å². The number of benzene rings is 2. The van der Waals surface area contributed by atoms with Gasteiger partial charge >= 0.3 is 6.03 Å². The van der Waals surface area contributed by atoms with Crippen LogP contribution in [0.1, 0.15) is 20.9 Å². The largest absolute Gasteiger partial charge is 0.334 e. The molecule has 156 valence electrons. The maximum atomic E-state index is 12.6. The van der Waals surface area contributed by atoms with E-state index in [-0.39, 0.29) is 18.5 Å². The molecule has 0 aliphatic rings. The normalized spacial score (nSPS) is 10.6. The van der Waals surface area contributed by atoms with Crippen LogP contribution in [0.5, 0.6) is 0 Å². The molecule has 0 radical (unpaired) electrons. The van der Waals surface area contributed by atoms with Crippen LogP contribution in [-0.4, -0.2) is 21.9 Å². The number of thiazole rings is 1. The summed E-state index contributed by atoms with van der Waals surface area (Å²) in [5, 5.41) is 9.69. The zero-order chi connectivity index (χ0) is 21.8. The average Bonchev–Trinajstić information content (AvgIpc) is 3.13. The van der Waals surface area contributed by atoms with Crippen LogP contribution >= 0.6 is 22.9 Å². The molecule has 0 atom stereocenters. The summed E-state index contributed by atoms with van der Waals surface area (Å²) in [6.07, 6.45) is 1.54. The summed E-state index contributed by atoms with van der Waals surface area (Å²) in [5.74, 6) is -0.276. The van der Waals surface area contributed by atoms with E-state index < -0.39 is 0 Å². The van der Waals surface area contributed by atoms with Crippen molar-refractivity contribution in [2.24, 2.45) is 0 Å². The van der Waals surface area contributed by atoms with Crippen molar-refractivity contribution in [3.05, 3.63) is 82.0 Å². The Hall–Kier alpha value is -3.49. The number of pyridine rings is 1. The van der Waals surface area contributed by atoms with Crippen molar-refractivity contribution in [2.45, 2.75) is 13.5 Å². The maximum Gasteiger partial charge on any atom is 0.319 e. The van der Waals surface area contributed by atoms with Gasteiger partial charge in [-0.25, -0.2) is 14.8 Å². The van der Waals surface area contributed by atoms with E-state index in [0.29, 0.717) is 27.5 Å². The highest BCUT2D eigenvalue weighted by molar-refractivity contribution is 7.18. The van der Waals surface area contributed by atoms with Crippen molar-refractivity contribution in [3.8, 4) is 0 Å². The second-order valence-corrected chi connectivity index (χ2v) is 8.31. The molecule has 31 heavy (non-hydrogen) atoms. The monoisotopic (exact) mass is 451 g/mol. The molecule has 2 aromatic carbocycles. The van der Waals surface area contributed by atoms with Gasteiger partial charge < -0.3 is 16.0 Å². The lowest BCUT2D eigenvalue weighted by molar-refractivity contribution is 0.102. The van der Waals surface area contributed by atoms with Crippen molar-refractivity contribution in [2.75, 3.05) is 10.6 Å². The van der Waals surface area contributed by atoms with Gasteiger partial charge in [0.15, 0.2) is 0 Å². The molecule has 0 aliphatic heterocycles. The first-order chi connectivity index (χ1) is 15.0. The van der Waals surface area contributed by atoms with E-state index >= 15 is 0 Å². The molecule has 0 bridgehead atoms. The number of carbonyl (C=O) groups excluding carboxylic acids is 2. The number of rotatable bonds is 5. The number of anilines is 2. The van der Waals surface area contributed by atoms with Gasteiger partial charge in [0, 0.05) is 18.4 Å². The van der Waals surface area contributed by atoms with E-state index in [0.717, 1.165) is 15.4 Å². The number of nitrogens with zero attached hydrogens (tertiary/aromatic N) is 2. The van der Waals surface area contributed by atoms with Gasteiger partial charge in [-0.3, -0.25) is 4.79 Å². The summed E-state index contributed by atoms with van der Waals surface area (Å²) in [6, 6.07) is 15.6. The lowest BCUT2D eigenvalue weighted by atomic mass is 10.2. The lowest BCUT2D eigenvalue weighted by Gasteiger charge is -2.10. The van der Waals surface area contributed by atoms with Crippen LogP contribution in [0.15, 0.2) is 60.8 Å². The van der Waals surface area contributed by atoms with Crippen molar-refractivity contribution in [1.82, 2.24) is 15.3 Å². The average molecular weight is 452 g/mol. The number of amides is 3. The van der Waals surface area contributed by atoms with Crippen molar-refractivity contribution in [1.29, 1.82) is 0 Å². The third-order valence-electron chi connectivity index (χ3n) is 4.38. The molecule has 0 spiro atoms. The first kappa shape index (κ1) is 20.8. The molecule has 3 amide bonds. The molecule has 0 unspecified atom stereocenters. The molecule has 4 aromatic rings. The van der Waals surface area contributed by atoms with Gasteiger partial charge in [0.2, 0.25) is 0 Å². The highest BCUT2D eigenvalue weighted by Gasteiger charge is 2.11. The Morgan fingerprint density at radius 2 is 1.90 bits per heavy atom. The van der Waals surface area contributed by atoms with Crippen molar-refractivity contribution >= 4 is 56.6 Å². The molecule has 0 fully saturated rings. The van der Waals surface area contributed by atoms with Crippen LogP contribution in [-0.2, 0) is 6.54 Å². The summed E-state index contributed by atoms with van der Waals surface area (Å²) in [7, 11) is 0. The molecule has 0 aliphatic carbocycles. The van der Waals surface area contributed by atoms with Crippen molar-refractivity contribution < 1.29 is 9.59 Å². The molecule has 3 N–H and O–H groups in total. The van der Waals surface area contributed by atoms with Gasteiger partial charge in [0.25, 0.3) is 5.91 Å². The van der Waals surface area contributed by atoms with Crippen LogP contribution in [0.25, 0.3) is 10.3 Å². The molecule has 9 heteroatoms. The lowest BCUT2D eigenvalue weighted by Crippen LogP contribution is -2.28. The van der Waals surface area contributed by atoms with Crippen LogP contribution in [0.4, 0.5) is 16.2 Å².